The number of nitrogens with zero attached hydrogens (tertiary/aromatic N) is 6. The quantitative estimate of drug-likeness (QED) is 0.608. The number of hydrogen-bond donors (Lipinski definition) is 0. The number of anilines is 1. The molecule has 0 spiro atoms. The summed E-state index contributed by atoms with van der Waals surface area (Å²) in [6.45, 7) is 4.54. The number of aryl methyl sites for hydroxylation is 1. The number of thioether (sulfide) groups is 1. The molecule has 0 N–H and O–H groups in total. The summed E-state index contributed by atoms with van der Waals surface area (Å²) in [5, 5.41) is 8.37. The summed E-state index contributed by atoms with van der Waals surface area (Å²) >= 11 is 1.24. The van der Waals surface area contributed by atoms with E-state index in [0.29, 0.717) is 49.0 Å². The summed E-state index contributed by atoms with van der Waals surface area (Å²) in [7, 11) is 0. The number of piperazine rings is 1. The van der Waals surface area contributed by atoms with Crippen molar-refractivity contribution in [1.82, 2.24) is 25.1 Å². The SMILES string of the molecule is Cc1occc1-c1nnc(SCC(=O)N2CCN(c3ncccn3)CC2)o1. The largest absolute Gasteiger partial charge is 0.469 e. The Morgan fingerprint density at radius 2 is 1.96 bits per heavy atom. The Kier molecular flexibility index (Phi) is 5.05. The maximum absolute atomic E-state index is 12.5. The lowest BCUT2D eigenvalue weighted by molar-refractivity contribution is -0.128. The molecule has 3 aromatic heterocycles. The normalized spacial score (nSPS) is 14.6. The van der Waals surface area contributed by atoms with E-state index in [-0.39, 0.29) is 11.7 Å². The summed E-state index contributed by atoms with van der Waals surface area (Å²) in [6, 6.07) is 3.57. The third kappa shape index (κ3) is 3.95. The lowest BCUT2D eigenvalue weighted by Crippen LogP contribution is -2.49. The molecule has 140 valence electrons. The molecule has 27 heavy (non-hydrogen) atoms. The highest BCUT2D eigenvalue weighted by atomic mass is 32.2. The zero-order chi connectivity index (χ0) is 18.6. The number of hydrogen-bond acceptors (Lipinski definition) is 9. The van der Waals surface area contributed by atoms with Gasteiger partial charge in [0, 0.05) is 38.6 Å². The van der Waals surface area contributed by atoms with Crippen molar-refractivity contribution >= 4 is 23.6 Å². The van der Waals surface area contributed by atoms with E-state index >= 15 is 0 Å². The minimum atomic E-state index is 0.0490. The van der Waals surface area contributed by atoms with Crippen molar-refractivity contribution in [2.45, 2.75) is 12.1 Å². The molecule has 1 aliphatic heterocycles. The molecule has 1 saturated heterocycles. The molecule has 4 rings (SSSR count). The zero-order valence-corrected chi connectivity index (χ0v) is 15.6. The van der Waals surface area contributed by atoms with E-state index in [9.17, 15) is 4.79 Å². The summed E-state index contributed by atoms with van der Waals surface area (Å²) in [4.78, 5) is 24.9. The van der Waals surface area contributed by atoms with Gasteiger partial charge in [-0.15, -0.1) is 10.2 Å². The van der Waals surface area contributed by atoms with Gasteiger partial charge in [0.05, 0.1) is 17.6 Å². The van der Waals surface area contributed by atoms with E-state index < -0.39 is 0 Å². The summed E-state index contributed by atoms with van der Waals surface area (Å²) in [5.74, 6) is 2.12. The van der Waals surface area contributed by atoms with Crippen LogP contribution >= 0.6 is 11.8 Å². The van der Waals surface area contributed by atoms with Crippen LogP contribution in [0.25, 0.3) is 11.5 Å². The van der Waals surface area contributed by atoms with Gasteiger partial charge in [-0.05, 0) is 19.1 Å². The lowest BCUT2D eigenvalue weighted by Gasteiger charge is -2.34. The van der Waals surface area contributed by atoms with Crippen molar-refractivity contribution in [3.8, 4) is 11.5 Å². The molecular formula is C17H18N6O3S. The zero-order valence-electron chi connectivity index (χ0n) is 14.7. The predicted octanol–water partition coefficient (Wildman–Crippen LogP) is 1.87. The first-order chi connectivity index (χ1) is 13.2. The van der Waals surface area contributed by atoms with Gasteiger partial charge < -0.3 is 18.6 Å². The first-order valence-corrected chi connectivity index (χ1v) is 9.50. The number of furan rings is 1. The highest BCUT2D eigenvalue weighted by Crippen LogP contribution is 2.26. The van der Waals surface area contributed by atoms with Crippen LogP contribution in [0.2, 0.25) is 0 Å². The lowest BCUT2D eigenvalue weighted by atomic mass is 10.3. The Labute approximate surface area is 159 Å². The molecule has 0 atom stereocenters. The molecule has 0 saturated carbocycles. The smallest absolute Gasteiger partial charge is 0.277 e. The van der Waals surface area contributed by atoms with E-state index in [4.69, 9.17) is 8.83 Å². The molecule has 0 bridgehead atoms. The fourth-order valence-electron chi connectivity index (χ4n) is 2.81. The van der Waals surface area contributed by atoms with Gasteiger partial charge in [-0.2, -0.15) is 0 Å². The molecule has 1 fully saturated rings. The summed E-state index contributed by atoms with van der Waals surface area (Å²) < 4.78 is 10.8. The highest BCUT2D eigenvalue weighted by Gasteiger charge is 2.23. The average Bonchev–Trinajstić information content (AvgIpc) is 3.35. The molecule has 3 aromatic rings. The van der Waals surface area contributed by atoms with Crippen molar-refractivity contribution in [2.75, 3.05) is 36.8 Å². The topological polar surface area (TPSA) is 101 Å². The minimum Gasteiger partial charge on any atom is -0.469 e. The van der Waals surface area contributed by atoms with Crippen LogP contribution < -0.4 is 4.90 Å². The van der Waals surface area contributed by atoms with Crippen LogP contribution in [0.3, 0.4) is 0 Å². The first-order valence-electron chi connectivity index (χ1n) is 8.51. The van der Waals surface area contributed by atoms with Gasteiger partial charge in [-0.25, -0.2) is 9.97 Å². The highest BCUT2D eigenvalue weighted by molar-refractivity contribution is 7.99. The fraction of sp³-hybridized carbons (Fsp3) is 0.353. The monoisotopic (exact) mass is 386 g/mol. The molecular weight excluding hydrogens is 368 g/mol. The third-order valence-electron chi connectivity index (χ3n) is 4.28. The number of rotatable bonds is 5. The van der Waals surface area contributed by atoms with Crippen molar-refractivity contribution in [1.29, 1.82) is 0 Å². The number of amides is 1. The Morgan fingerprint density at radius 1 is 1.19 bits per heavy atom. The number of carbonyl (C=O) groups is 1. The predicted molar refractivity (Wildman–Crippen MR) is 98.3 cm³/mol. The first kappa shape index (κ1) is 17.5. The standard InChI is InChI=1S/C17H18N6O3S/c1-12-13(3-10-25-12)15-20-21-17(26-15)27-11-14(24)22-6-8-23(9-7-22)16-18-4-2-5-19-16/h2-5,10H,6-9,11H2,1H3. The fourth-order valence-corrected chi connectivity index (χ4v) is 3.47. The van der Waals surface area contributed by atoms with Gasteiger partial charge >= 0.3 is 0 Å². The molecule has 1 amide bonds. The van der Waals surface area contributed by atoms with E-state index in [2.05, 4.69) is 25.1 Å². The molecule has 0 radical (unpaired) electrons. The molecule has 4 heterocycles. The molecule has 1 aliphatic rings. The van der Waals surface area contributed by atoms with Gasteiger partial charge in [-0.3, -0.25) is 4.79 Å². The Morgan fingerprint density at radius 3 is 2.67 bits per heavy atom. The molecule has 0 unspecified atom stereocenters. The van der Waals surface area contributed by atoms with Crippen LogP contribution in [0, 0.1) is 6.92 Å². The second-order valence-corrected chi connectivity index (χ2v) is 6.90. The number of aromatic nitrogens is 4. The molecule has 0 aromatic carbocycles. The average molecular weight is 386 g/mol. The van der Waals surface area contributed by atoms with Crippen LogP contribution in [0.5, 0.6) is 0 Å². The maximum Gasteiger partial charge on any atom is 0.277 e. The van der Waals surface area contributed by atoms with E-state index in [1.807, 2.05) is 11.8 Å². The Hall–Kier alpha value is -2.88. The van der Waals surface area contributed by atoms with Gasteiger partial charge in [0.15, 0.2) is 0 Å². The minimum absolute atomic E-state index is 0.0490. The van der Waals surface area contributed by atoms with Gasteiger partial charge in [-0.1, -0.05) is 11.8 Å². The van der Waals surface area contributed by atoms with Crippen LogP contribution in [0.4, 0.5) is 5.95 Å². The summed E-state index contributed by atoms with van der Waals surface area (Å²) in [6.07, 6.45) is 5.02. The second-order valence-electron chi connectivity index (χ2n) is 5.97. The Balaban J connectivity index is 1.28. The van der Waals surface area contributed by atoms with Crippen molar-refractivity contribution in [3.63, 3.8) is 0 Å². The van der Waals surface area contributed by atoms with Crippen LogP contribution in [0.1, 0.15) is 5.76 Å². The maximum atomic E-state index is 12.5. The van der Waals surface area contributed by atoms with Crippen LogP contribution in [-0.4, -0.2) is 62.9 Å². The van der Waals surface area contributed by atoms with Crippen LogP contribution in [0.15, 0.2) is 44.8 Å². The summed E-state index contributed by atoms with van der Waals surface area (Å²) in [5.41, 5.74) is 0.764. The van der Waals surface area contributed by atoms with E-state index in [0.717, 1.165) is 5.56 Å². The van der Waals surface area contributed by atoms with Crippen LogP contribution in [-0.2, 0) is 4.79 Å². The number of carbonyl (C=O) groups excluding carboxylic acids is 1. The van der Waals surface area contributed by atoms with Crippen molar-refractivity contribution < 1.29 is 13.6 Å². The molecule has 9 nitrogen and oxygen atoms in total. The van der Waals surface area contributed by atoms with Crippen molar-refractivity contribution in [2.24, 2.45) is 0 Å². The second kappa shape index (κ2) is 7.78. The van der Waals surface area contributed by atoms with E-state index in [1.165, 1.54) is 11.8 Å². The Bertz CT molecular complexity index is 904. The molecule has 10 heteroatoms. The molecule has 0 aliphatic carbocycles. The van der Waals surface area contributed by atoms with E-state index in [1.54, 1.807) is 30.8 Å². The van der Waals surface area contributed by atoms with Crippen molar-refractivity contribution in [3.05, 3.63) is 36.5 Å². The van der Waals surface area contributed by atoms with Gasteiger partial charge in [0.25, 0.3) is 11.1 Å². The van der Waals surface area contributed by atoms with Gasteiger partial charge in [0.1, 0.15) is 5.76 Å². The van der Waals surface area contributed by atoms with Gasteiger partial charge in [0.2, 0.25) is 11.9 Å². The third-order valence-corrected chi connectivity index (χ3v) is 5.09.